The van der Waals surface area contributed by atoms with Gasteiger partial charge in [0.05, 0.1) is 18.8 Å². The number of carbonyl (C=O) groups is 3. The van der Waals surface area contributed by atoms with Crippen molar-refractivity contribution < 1.29 is 38.4 Å². The molecule has 2 saturated heterocycles. The first kappa shape index (κ1) is 33.6. The van der Waals surface area contributed by atoms with Crippen LogP contribution in [0.3, 0.4) is 0 Å². The third-order valence-electron chi connectivity index (χ3n) is 8.01. The van der Waals surface area contributed by atoms with Gasteiger partial charge in [0.25, 0.3) is 5.91 Å². The van der Waals surface area contributed by atoms with E-state index in [-0.39, 0.29) is 49.2 Å². The summed E-state index contributed by atoms with van der Waals surface area (Å²) < 4.78 is 23.8. The molecule has 0 aromatic heterocycles. The fraction of sp³-hybridized carbons (Fsp3) is 0.559. The van der Waals surface area contributed by atoms with Gasteiger partial charge < -0.3 is 29.4 Å². The van der Waals surface area contributed by atoms with Crippen molar-refractivity contribution in [2.45, 2.75) is 104 Å². The average Bonchev–Trinajstić information content (AvgIpc) is 3.44. The van der Waals surface area contributed by atoms with Crippen LogP contribution in [-0.2, 0) is 46.5 Å². The first-order valence-electron chi connectivity index (χ1n) is 15.4. The minimum absolute atomic E-state index is 0.0280. The highest BCUT2D eigenvalue weighted by atomic mass is 16.7. The minimum Gasteiger partial charge on any atom is -0.459 e. The summed E-state index contributed by atoms with van der Waals surface area (Å²) in [5.41, 5.74) is 2.95. The van der Waals surface area contributed by atoms with Crippen LogP contribution in [0, 0.1) is 5.92 Å². The summed E-state index contributed by atoms with van der Waals surface area (Å²) in [6.07, 6.45) is -0.386. The van der Waals surface area contributed by atoms with Crippen molar-refractivity contribution >= 4 is 17.8 Å². The van der Waals surface area contributed by atoms with Crippen LogP contribution in [0.25, 0.3) is 0 Å². The van der Waals surface area contributed by atoms with Crippen molar-refractivity contribution in [3.63, 3.8) is 0 Å². The lowest BCUT2D eigenvalue weighted by molar-refractivity contribution is -0.276. The minimum atomic E-state index is -0.872. The Bertz CT molecular complexity index is 1270. The van der Waals surface area contributed by atoms with Crippen molar-refractivity contribution in [1.82, 2.24) is 10.2 Å². The molecule has 0 saturated carbocycles. The number of nitrogens with one attached hydrogen (secondary N) is 1. The molecule has 6 atom stereocenters. The van der Waals surface area contributed by atoms with E-state index in [0.29, 0.717) is 6.54 Å². The lowest BCUT2D eigenvalue weighted by Crippen LogP contribution is -2.48. The third-order valence-corrected chi connectivity index (χ3v) is 8.01. The van der Waals surface area contributed by atoms with Gasteiger partial charge in [0, 0.05) is 31.5 Å². The zero-order valence-corrected chi connectivity index (χ0v) is 26.6. The normalized spacial score (nSPS) is 24.8. The molecule has 10 nitrogen and oxygen atoms in total. The Morgan fingerprint density at radius 2 is 1.66 bits per heavy atom. The quantitative estimate of drug-likeness (QED) is 0.378. The lowest BCUT2D eigenvalue weighted by atomic mass is 9.90. The van der Waals surface area contributed by atoms with Gasteiger partial charge in [-0.15, -0.1) is 0 Å². The number of benzene rings is 2. The zero-order chi connectivity index (χ0) is 32.0. The molecule has 2 aliphatic heterocycles. The highest BCUT2D eigenvalue weighted by molar-refractivity contribution is 5.82. The number of hydrogen-bond donors (Lipinski definition) is 2. The summed E-state index contributed by atoms with van der Waals surface area (Å²) >= 11 is 0. The number of nitrogens with zero attached hydrogens (tertiary/aromatic N) is 1. The summed E-state index contributed by atoms with van der Waals surface area (Å²) in [5, 5.41) is 12.3. The van der Waals surface area contributed by atoms with Gasteiger partial charge in [-0.25, -0.2) is 0 Å². The number of hydrogen-bond acceptors (Lipinski definition) is 9. The van der Waals surface area contributed by atoms with E-state index in [1.54, 1.807) is 0 Å². The van der Waals surface area contributed by atoms with Crippen LogP contribution in [-0.4, -0.2) is 64.8 Å². The van der Waals surface area contributed by atoms with Crippen LogP contribution in [0.2, 0.25) is 0 Å². The van der Waals surface area contributed by atoms with E-state index in [9.17, 15) is 19.5 Å². The molecule has 0 unspecified atom stereocenters. The van der Waals surface area contributed by atoms with Crippen LogP contribution in [0.4, 0.5) is 0 Å². The fourth-order valence-corrected chi connectivity index (χ4v) is 5.67. The molecule has 2 fully saturated rings. The Kier molecular flexibility index (Phi) is 11.2. The predicted octanol–water partition coefficient (Wildman–Crippen LogP) is 4.34. The van der Waals surface area contributed by atoms with E-state index in [1.165, 1.54) is 13.8 Å². The molecule has 0 spiro atoms. The Labute approximate surface area is 260 Å². The number of amides is 1. The van der Waals surface area contributed by atoms with Crippen LogP contribution in [0.5, 0.6) is 0 Å². The molecule has 2 heterocycles. The summed E-state index contributed by atoms with van der Waals surface area (Å²) in [5.74, 6) is -1.11. The number of ether oxygens (including phenoxy) is 4. The molecule has 2 aromatic rings. The standard InChI is InChI=1S/C34H46N2O8/c1-21-29(19-36-17-7-8-28(36)32(40)44-34(4,5)6)42-33(43-30(21)26-13-11-25(20-37)12-14-26)27-15-9-24(10-16-27)18-35-31(39)22(2)41-23(3)38/h9-16,21-22,28-30,33,37H,7-8,17-20H2,1-6H3,(H,35,39)/t21-,22+,28+,29+,30+,33+/m1/s1. The van der Waals surface area contributed by atoms with Gasteiger partial charge in [0.2, 0.25) is 0 Å². The molecule has 2 N–H and O–H groups in total. The molecule has 0 bridgehead atoms. The Morgan fingerprint density at radius 1 is 1.02 bits per heavy atom. The lowest BCUT2D eigenvalue weighted by Gasteiger charge is -2.43. The molecule has 0 aliphatic carbocycles. The monoisotopic (exact) mass is 610 g/mol. The van der Waals surface area contributed by atoms with Crippen LogP contribution in [0.15, 0.2) is 48.5 Å². The number of aliphatic hydroxyl groups excluding tert-OH is 1. The number of carbonyl (C=O) groups excluding carboxylic acids is 3. The highest BCUT2D eigenvalue weighted by Crippen LogP contribution is 2.42. The highest BCUT2D eigenvalue weighted by Gasteiger charge is 2.42. The van der Waals surface area contributed by atoms with Crippen LogP contribution < -0.4 is 5.32 Å². The molecule has 0 radical (unpaired) electrons. The Hall–Kier alpha value is -3.31. The summed E-state index contributed by atoms with van der Waals surface area (Å²) in [6, 6.07) is 15.1. The van der Waals surface area contributed by atoms with E-state index < -0.39 is 24.0 Å². The number of likely N-dealkylation sites (tertiary alicyclic amines) is 1. The number of aliphatic hydroxyl groups is 1. The number of rotatable bonds is 10. The van der Waals surface area contributed by atoms with Crippen LogP contribution >= 0.6 is 0 Å². The van der Waals surface area contributed by atoms with E-state index >= 15 is 0 Å². The van der Waals surface area contributed by atoms with Crippen molar-refractivity contribution in [2.24, 2.45) is 5.92 Å². The molecule has 2 aliphatic rings. The van der Waals surface area contributed by atoms with Gasteiger partial charge in [-0.05, 0) is 63.8 Å². The van der Waals surface area contributed by atoms with Crippen molar-refractivity contribution in [3.05, 3.63) is 70.8 Å². The fourth-order valence-electron chi connectivity index (χ4n) is 5.67. The maximum absolute atomic E-state index is 13.0. The maximum atomic E-state index is 13.0. The van der Waals surface area contributed by atoms with Gasteiger partial charge in [0.15, 0.2) is 12.4 Å². The molecule has 1 amide bonds. The predicted molar refractivity (Wildman–Crippen MR) is 163 cm³/mol. The second-order valence-corrected chi connectivity index (χ2v) is 12.7. The molecule has 10 heteroatoms. The molecular formula is C34H46N2O8. The average molecular weight is 611 g/mol. The third kappa shape index (κ3) is 8.88. The Morgan fingerprint density at radius 3 is 2.27 bits per heavy atom. The SMILES string of the molecule is CC(=O)O[C@@H](C)C(=O)NCc1ccc([C@H]2O[C@@H](CN3CCC[C@H]3C(=O)OC(C)(C)C)[C@@H](C)[C@@H](c3ccc(CO)cc3)O2)cc1. The van der Waals surface area contributed by atoms with E-state index in [0.717, 1.165) is 41.6 Å². The molecule has 44 heavy (non-hydrogen) atoms. The van der Waals surface area contributed by atoms with Gasteiger partial charge in [-0.3, -0.25) is 19.3 Å². The second kappa shape index (κ2) is 14.6. The van der Waals surface area contributed by atoms with Crippen LogP contribution in [0.1, 0.15) is 89.0 Å². The van der Waals surface area contributed by atoms with Gasteiger partial charge in [0.1, 0.15) is 11.6 Å². The summed E-state index contributed by atoms with van der Waals surface area (Å²) in [4.78, 5) is 38.6. The molecular weight excluding hydrogens is 564 g/mol. The topological polar surface area (TPSA) is 124 Å². The molecule has 2 aromatic carbocycles. The molecule has 4 rings (SSSR count). The maximum Gasteiger partial charge on any atom is 0.323 e. The van der Waals surface area contributed by atoms with E-state index in [4.69, 9.17) is 18.9 Å². The molecule has 240 valence electrons. The first-order valence-corrected chi connectivity index (χ1v) is 15.4. The van der Waals surface area contributed by atoms with Gasteiger partial charge in [-0.1, -0.05) is 55.5 Å². The van der Waals surface area contributed by atoms with Gasteiger partial charge in [-0.2, -0.15) is 0 Å². The van der Waals surface area contributed by atoms with E-state index in [2.05, 4.69) is 17.1 Å². The van der Waals surface area contributed by atoms with Crippen molar-refractivity contribution in [2.75, 3.05) is 13.1 Å². The smallest absolute Gasteiger partial charge is 0.323 e. The summed E-state index contributed by atoms with van der Waals surface area (Å²) in [7, 11) is 0. The first-order chi connectivity index (χ1) is 20.8. The summed E-state index contributed by atoms with van der Waals surface area (Å²) in [6.45, 7) is 12.1. The largest absolute Gasteiger partial charge is 0.459 e. The second-order valence-electron chi connectivity index (χ2n) is 12.7. The zero-order valence-electron chi connectivity index (χ0n) is 26.6. The van der Waals surface area contributed by atoms with E-state index in [1.807, 2.05) is 69.3 Å². The number of esters is 2. The Balaban J connectivity index is 1.51. The van der Waals surface area contributed by atoms with Gasteiger partial charge >= 0.3 is 11.9 Å². The van der Waals surface area contributed by atoms with Crippen molar-refractivity contribution in [1.29, 1.82) is 0 Å². The van der Waals surface area contributed by atoms with Crippen molar-refractivity contribution in [3.8, 4) is 0 Å².